The van der Waals surface area contributed by atoms with E-state index in [1.165, 1.54) is 5.56 Å². The highest BCUT2D eigenvalue weighted by Crippen LogP contribution is 2.39. The van der Waals surface area contributed by atoms with Crippen LogP contribution in [-0.2, 0) is 13.0 Å². The van der Waals surface area contributed by atoms with E-state index in [2.05, 4.69) is 17.0 Å². The van der Waals surface area contributed by atoms with E-state index in [-0.39, 0.29) is 5.75 Å². The number of nitrogens with zero attached hydrogens (tertiary/aromatic N) is 2. The van der Waals surface area contributed by atoms with Crippen LogP contribution in [-0.4, -0.2) is 28.8 Å². The molecule has 1 unspecified atom stereocenters. The summed E-state index contributed by atoms with van der Waals surface area (Å²) in [5.74, 6) is 1.74. The summed E-state index contributed by atoms with van der Waals surface area (Å²) >= 11 is 0. The average molecular weight is 316 g/mol. The second-order valence-electron chi connectivity index (χ2n) is 6.05. The molecule has 1 aromatic carbocycles. The van der Waals surface area contributed by atoms with Crippen LogP contribution in [0.15, 0.2) is 22.7 Å². The van der Waals surface area contributed by atoms with Crippen LogP contribution in [0, 0.1) is 6.92 Å². The summed E-state index contributed by atoms with van der Waals surface area (Å²) in [6, 6.07) is 5.96. The molecule has 5 heteroatoms. The summed E-state index contributed by atoms with van der Waals surface area (Å²) in [4.78, 5) is 2.40. The first-order valence-electron chi connectivity index (χ1n) is 8.19. The highest BCUT2D eigenvalue weighted by Gasteiger charge is 2.31. The Morgan fingerprint density at radius 1 is 1.43 bits per heavy atom. The third-order valence-electron chi connectivity index (χ3n) is 4.68. The van der Waals surface area contributed by atoms with Gasteiger partial charge in [-0.15, -0.1) is 0 Å². The molecule has 0 aliphatic carbocycles. The molecule has 23 heavy (non-hydrogen) atoms. The molecule has 0 spiro atoms. The van der Waals surface area contributed by atoms with E-state index in [1.54, 1.807) is 13.2 Å². The molecule has 1 aromatic heterocycles. The minimum atomic E-state index is 0.235. The van der Waals surface area contributed by atoms with Crippen LogP contribution in [0.4, 0.5) is 0 Å². The van der Waals surface area contributed by atoms with E-state index in [9.17, 15) is 5.11 Å². The zero-order chi connectivity index (χ0) is 16.4. The molecule has 2 aromatic rings. The predicted molar refractivity (Wildman–Crippen MR) is 87.7 cm³/mol. The fourth-order valence-corrected chi connectivity index (χ4v) is 3.53. The van der Waals surface area contributed by atoms with Gasteiger partial charge in [0.2, 0.25) is 0 Å². The first-order chi connectivity index (χ1) is 11.2. The van der Waals surface area contributed by atoms with Gasteiger partial charge in [-0.25, -0.2) is 0 Å². The van der Waals surface area contributed by atoms with Gasteiger partial charge in [0, 0.05) is 30.1 Å². The number of methoxy groups -OCH3 is 1. The average Bonchev–Trinajstić information content (AvgIpc) is 3.15. The summed E-state index contributed by atoms with van der Waals surface area (Å²) in [7, 11) is 1.57. The summed E-state index contributed by atoms with van der Waals surface area (Å²) in [6.45, 7) is 5.81. The maximum Gasteiger partial charge on any atom is 0.162 e. The fraction of sp³-hybridized carbons (Fsp3) is 0.500. The SMILES string of the molecule is CCc1onc(C)c1C1CCCN1Cc1cccc(OC)c1O. The molecule has 0 saturated carbocycles. The van der Waals surface area contributed by atoms with Gasteiger partial charge in [-0.3, -0.25) is 4.90 Å². The van der Waals surface area contributed by atoms with Crippen molar-refractivity contribution in [3.63, 3.8) is 0 Å². The minimum absolute atomic E-state index is 0.235. The van der Waals surface area contributed by atoms with Crippen molar-refractivity contribution in [2.45, 2.75) is 45.7 Å². The number of para-hydroxylation sites is 1. The van der Waals surface area contributed by atoms with Crippen LogP contribution >= 0.6 is 0 Å². The maximum absolute atomic E-state index is 10.3. The summed E-state index contributed by atoms with van der Waals surface area (Å²) in [5, 5.41) is 14.5. The smallest absolute Gasteiger partial charge is 0.162 e. The number of aryl methyl sites for hydroxylation is 2. The van der Waals surface area contributed by atoms with E-state index < -0.39 is 0 Å². The van der Waals surface area contributed by atoms with Gasteiger partial charge in [-0.2, -0.15) is 0 Å². The Morgan fingerprint density at radius 3 is 3.00 bits per heavy atom. The number of phenols is 1. The van der Waals surface area contributed by atoms with Gasteiger partial charge in [-0.05, 0) is 32.4 Å². The Hall–Kier alpha value is -2.01. The summed E-state index contributed by atoms with van der Waals surface area (Å²) in [5.41, 5.74) is 3.10. The quantitative estimate of drug-likeness (QED) is 0.913. The Morgan fingerprint density at radius 2 is 2.26 bits per heavy atom. The van der Waals surface area contributed by atoms with Gasteiger partial charge in [0.15, 0.2) is 11.5 Å². The number of phenolic OH excluding ortho intramolecular Hbond substituents is 1. The third kappa shape index (κ3) is 2.93. The van der Waals surface area contributed by atoms with Crippen molar-refractivity contribution < 1.29 is 14.4 Å². The number of benzene rings is 1. The van der Waals surface area contributed by atoms with Gasteiger partial charge >= 0.3 is 0 Å². The first-order valence-corrected chi connectivity index (χ1v) is 8.19. The lowest BCUT2D eigenvalue weighted by molar-refractivity contribution is 0.240. The maximum atomic E-state index is 10.3. The van der Waals surface area contributed by atoms with Crippen molar-refractivity contribution in [1.29, 1.82) is 0 Å². The van der Waals surface area contributed by atoms with Crippen LogP contribution in [0.3, 0.4) is 0 Å². The number of likely N-dealkylation sites (tertiary alicyclic amines) is 1. The zero-order valence-electron chi connectivity index (χ0n) is 14.0. The van der Waals surface area contributed by atoms with Crippen molar-refractivity contribution >= 4 is 0 Å². The molecular weight excluding hydrogens is 292 g/mol. The second kappa shape index (κ2) is 6.62. The minimum Gasteiger partial charge on any atom is -0.504 e. The monoisotopic (exact) mass is 316 g/mol. The van der Waals surface area contributed by atoms with Gasteiger partial charge in [0.25, 0.3) is 0 Å². The Balaban J connectivity index is 1.87. The molecule has 3 rings (SSSR count). The Kier molecular flexibility index (Phi) is 4.57. The predicted octanol–water partition coefficient (Wildman–Crippen LogP) is 3.60. The van der Waals surface area contributed by atoms with Gasteiger partial charge in [0.1, 0.15) is 5.76 Å². The number of aromatic nitrogens is 1. The van der Waals surface area contributed by atoms with Crippen LogP contribution in [0.5, 0.6) is 11.5 Å². The van der Waals surface area contributed by atoms with Crippen LogP contribution < -0.4 is 4.74 Å². The molecule has 1 fully saturated rings. The van der Waals surface area contributed by atoms with E-state index in [0.29, 0.717) is 18.3 Å². The van der Waals surface area contributed by atoms with E-state index in [0.717, 1.165) is 42.8 Å². The van der Waals surface area contributed by atoms with E-state index in [1.807, 2.05) is 19.1 Å². The van der Waals surface area contributed by atoms with Gasteiger partial charge in [0.05, 0.1) is 12.8 Å². The van der Waals surface area contributed by atoms with Gasteiger partial charge < -0.3 is 14.4 Å². The molecule has 1 aliphatic rings. The molecule has 0 amide bonds. The van der Waals surface area contributed by atoms with Crippen molar-refractivity contribution in [1.82, 2.24) is 10.1 Å². The van der Waals surface area contributed by atoms with E-state index >= 15 is 0 Å². The molecular formula is C18H24N2O3. The summed E-state index contributed by atoms with van der Waals surface area (Å²) < 4.78 is 10.7. The third-order valence-corrected chi connectivity index (χ3v) is 4.68. The Labute approximate surface area is 136 Å². The number of ether oxygens (including phenoxy) is 1. The number of hydrogen-bond donors (Lipinski definition) is 1. The molecule has 0 radical (unpaired) electrons. The summed E-state index contributed by atoms with van der Waals surface area (Å²) in [6.07, 6.45) is 3.09. The molecule has 1 N–H and O–H groups in total. The normalized spacial score (nSPS) is 18.5. The lowest BCUT2D eigenvalue weighted by Crippen LogP contribution is -2.23. The van der Waals surface area contributed by atoms with Crippen molar-refractivity contribution in [3.8, 4) is 11.5 Å². The molecule has 124 valence electrons. The fourth-order valence-electron chi connectivity index (χ4n) is 3.53. The second-order valence-corrected chi connectivity index (χ2v) is 6.05. The highest BCUT2D eigenvalue weighted by atomic mass is 16.5. The topological polar surface area (TPSA) is 58.7 Å². The lowest BCUT2D eigenvalue weighted by Gasteiger charge is -2.25. The van der Waals surface area contributed by atoms with Crippen molar-refractivity contribution in [2.75, 3.05) is 13.7 Å². The highest BCUT2D eigenvalue weighted by molar-refractivity contribution is 5.45. The number of rotatable bonds is 5. The van der Waals surface area contributed by atoms with Crippen molar-refractivity contribution in [3.05, 3.63) is 40.8 Å². The Bertz CT molecular complexity index is 681. The molecule has 2 heterocycles. The van der Waals surface area contributed by atoms with Crippen LogP contribution in [0.2, 0.25) is 0 Å². The molecule has 0 bridgehead atoms. The van der Waals surface area contributed by atoms with Crippen molar-refractivity contribution in [2.24, 2.45) is 0 Å². The largest absolute Gasteiger partial charge is 0.504 e. The molecule has 1 aliphatic heterocycles. The number of aromatic hydroxyl groups is 1. The van der Waals surface area contributed by atoms with Crippen LogP contribution in [0.25, 0.3) is 0 Å². The van der Waals surface area contributed by atoms with E-state index in [4.69, 9.17) is 9.26 Å². The molecule has 1 atom stereocenters. The molecule has 5 nitrogen and oxygen atoms in total. The van der Waals surface area contributed by atoms with Gasteiger partial charge in [-0.1, -0.05) is 24.2 Å². The molecule has 1 saturated heterocycles. The number of hydrogen-bond acceptors (Lipinski definition) is 5. The lowest BCUT2D eigenvalue weighted by atomic mass is 10.0. The first kappa shape index (κ1) is 15.9. The zero-order valence-corrected chi connectivity index (χ0v) is 14.0. The standard InChI is InChI=1S/C18H24N2O3/c1-4-15-17(12(2)19-23-15)14-8-6-10-20(14)11-13-7-5-9-16(22-3)18(13)21/h5,7,9,14,21H,4,6,8,10-11H2,1-3H3. The van der Waals surface area contributed by atoms with Crippen LogP contribution in [0.1, 0.15) is 48.4 Å².